The van der Waals surface area contributed by atoms with E-state index in [-0.39, 0.29) is 0 Å². The quantitative estimate of drug-likeness (QED) is 0.518. The number of aromatic nitrogens is 2. The van der Waals surface area contributed by atoms with Crippen molar-refractivity contribution in [3.8, 4) is 5.75 Å². The van der Waals surface area contributed by atoms with Crippen molar-refractivity contribution in [2.45, 2.75) is 0 Å². The van der Waals surface area contributed by atoms with Gasteiger partial charge in [-0.15, -0.1) is 0 Å². The highest BCUT2D eigenvalue weighted by atomic mass is 16.5. The Morgan fingerprint density at radius 3 is 2.33 bits per heavy atom. The molecule has 0 aliphatic carbocycles. The fourth-order valence-electron chi connectivity index (χ4n) is 2.71. The Balaban J connectivity index is 2.34. The molecule has 2 heterocycles. The van der Waals surface area contributed by atoms with Crippen molar-refractivity contribution in [2.75, 3.05) is 7.11 Å². The van der Waals surface area contributed by atoms with E-state index in [4.69, 9.17) is 4.74 Å². The van der Waals surface area contributed by atoms with E-state index in [1.54, 1.807) is 7.11 Å². The number of pyridine rings is 2. The first kappa shape index (κ1) is 9.59. The molecule has 3 nitrogen and oxygen atoms in total. The van der Waals surface area contributed by atoms with Gasteiger partial charge in [-0.1, -0.05) is 0 Å². The van der Waals surface area contributed by atoms with Crippen LogP contribution in [0.3, 0.4) is 0 Å². The van der Waals surface area contributed by atoms with E-state index in [9.17, 15) is 0 Å². The third-order valence-corrected chi connectivity index (χ3v) is 3.54. The van der Waals surface area contributed by atoms with E-state index >= 15 is 0 Å². The Morgan fingerprint density at radius 1 is 0.889 bits per heavy atom. The molecule has 0 unspecified atom stereocenters. The molecular weight excluding hydrogens is 224 g/mol. The average molecular weight is 236 g/mol. The largest absolute Gasteiger partial charge is 0.497 e. The zero-order valence-corrected chi connectivity index (χ0v) is 9.95. The Bertz CT molecular complexity index is 865. The number of nitrogens with one attached hydrogen (secondary N) is 2. The predicted octanol–water partition coefficient (Wildman–Crippen LogP) is 3.81. The maximum Gasteiger partial charge on any atom is 0.119 e. The van der Waals surface area contributed by atoms with E-state index in [2.05, 4.69) is 34.2 Å². The van der Waals surface area contributed by atoms with Gasteiger partial charge in [-0.3, -0.25) is 0 Å². The van der Waals surface area contributed by atoms with Crippen molar-refractivity contribution in [3.63, 3.8) is 0 Å². The number of H-pyrrole nitrogens is 2. The summed E-state index contributed by atoms with van der Waals surface area (Å²) >= 11 is 0. The van der Waals surface area contributed by atoms with Gasteiger partial charge in [-0.05, 0) is 35.7 Å². The second-order valence-corrected chi connectivity index (χ2v) is 4.45. The Kier molecular flexibility index (Phi) is 1.75. The molecule has 0 spiro atoms. The predicted molar refractivity (Wildman–Crippen MR) is 74.2 cm³/mol. The Hall–Kier alpha value is -2.42. The van der Waals surface area contributed by atoms with Gasteiger partial charge in [0.05, 0.1) is 18.1 Å². The molecule has 2 aromatic heterocycles. The molecule has 0 aliphatic rings. The van der Waals surface area contributed by atoms with Gasteiger partial charge in [0, 0.05) is 28.6 Å². The summed E-state index contributed by atoms with van der Waals surface area (Å²) in [6.45, 7) is 0. The molecule has 0 aliphatic heterocycles. The standard InChI is InChI=1S/C15H12N2O/c1-18-10-2-3-11-12(8-10)15-13-9(5-7-17-15)4-6-16-14(11)13/h2-8,16-17H,1H3. The molecule has 0 atom stereocenters. The van der Waals surface area contributed by atoms with E-state index in [1.165, 1.54) is 27.1 Å². The molecule has 2 N–H and O–H groups in total. The topological polar surface area (TPSA) is 40.8 Å². The zero-order chi connectivity index (χ0) is 12.1. The molecule has 4 aromatic rings. The fraction of sp³-hybridized carbons (Fsp3) is 0.0667. The van der Waals surface area contributed by atoms with Gasteiger partial charge < -0.3 is 14.7 Å². The van der Waals surface area contributed by atoms with Gasteiger partial charge in [0.25, 0.3) is 0 Å². The lowest BCUT2D eigenvalue weighted by atomic mass is 10.2. The molecule has 4 rings (SSSR count). The number of benzene rings is 1. The number of methoxy groups -OCH3 is 1. The van der Waals surface area contributed by atoms with Crippen LogP contribution in [0.1, 0.15) is 0 Å². The Labute approximate surface area is 103 Å². The monoisotopic (exact) mass is 236 g/mol. The van der Waals surface area contributed by atoms with Crippen molar-refractivity contribution in [1.29, 1.82) is 0 Å². The number of aromatic amines is 2. The van der Waals surface area contributed by atoms with E-state index in [1.807, 2.05) is 18.5 Å². The molecule has 0 fully saturated rings. The molecule has 88 valence electrons. The van der Waals surface area contributed by atoms with Crippen molar-refractivity contribution in [3.05, 3.63) is 42.7 Å². The highest BCUT2D eigenvalue weighted by molar-refractivity contribution is 6.27. The molecule has 18 heavy (non-hydrogen) atoms. The molecular formula is C15H12N2O. The summed E-state index contributed by atoms with van der Waals surface area (Å²) in [7, 11) is 1.69. The van der Waals surface area contributed by atoms with Gasteiger partial charge in [0.15, 0.2) is 0 Å². The molecule has 0 saturated heterocycles. The summed E-state index contributed by atoms with van der Waals surface area (Å²) in [5.41, 5.74) is 2.34. The first-order valence-corrected chi connectivity index (χ1v) is 5.92. The molecule has 3 heteroatoms. The minimum Gasteiger partial charge on any atom is -0.497 e. The van der Waals surface area contributed by atoms with Crippen molar-refractivity contribution >= 4 is 32.6 Å². The molecule has 0 radical (unpaired) electrons. The highest BCUT2D eigenvalue weighted by Crippen LogP contribution is 2.36. The maximum atomic E-state index is 5.31. The van der Waals surface area contributed by atoms with Gasteiger partial charge in [-0.2, -0.15) is 0 Å². The van der Waals surface area contributed by atoms with Crippen molar-refractivity contribution < 1.29 is 4.74 Å². The van der Waals surface area contributed by atoms with E-state index in [0.717, 1.165) is 11.3 Å². The lowest BCUT2D eigenvalue weighted by molar-refractivity contribution is 0.415. The first-order chi connectivity index (χ1) is 8.88. The van der Waals surface area contributed by atoms with Crippen LogP contribution >= 0.6 is 0 Å². The molecule has 0 bridgehead atoms. The van der Waals surface area contributed by atoms with Crippen molar-refractivity contribution in [2.24, 2.45) is 0 Å². The van der Waals surface area contributed by atoms with Crippen LogP contribution in [0.15, 0.2) is 42.7 Å². The fourth-order valence-corrected chi connectivity index (χ4v) is 2.71. The first-order valence-electron chi connectivity index (χ1n) is 5.92. The third kappa shape index (κ3) is 1.08. The second-order valence-electron chi connectivity index (χ2n) is 4.45. The minimum atomic E-state index is 0.881. The smallest absolute Gasteiger partial charge is 0.119 e. The third-order valence-electron chi connectivity index (χ3n) is 3.54. The SMILES string of the molecule is COc1ccc2c(c1)c1[nH]ccc3cc[nH]c2c31. The maximum absolute atomic E-state index is 5.31. The molecule has 2 aromatic carbocycles. The van der Waals surface area contributed by atoms with E-state index in [0.29, 0.717) is 0 Å². The van der Waals surface area contributed by atoms with Crippen LogP contribution in [-0.4, -0.2) is 17.1 Å². The molecule has 0 amide bonds. The summed E-state index contributed by atoms with van der Waals surface area (Å²) in [5, 5.41) is 4.91. The van der Waals surface area contributed by atoms with Gasteiger partial charge >= 0.3 is 0 Å². The summed E-state index contributed by atoms with van der Waals surface area (Å²) in [5.74, 6) is 0.881. The number of hydrogen-bond acceptors (Lipinski definition) is 1. The lowest BCUT2D eigenvalue weighted by Gasteiger charge is -1.99. The van der Waals surface area contributed by atoms with Crippen LogP contribution in [0.4, 0.5) is 0 Å². The van der Waals surface area contributed by atoms with Crippen molar-refractivity contribution in [1.82, 2.24) is 9.97 Å². The van der Waals surface area contributed by atoms with Crippen LogP contribution in [0.25, 0.3) is 32.6 Å². The number of fused-ring (bicyclic) bond motifs is 3. The van der Waals surface area contributed by atoms with Crippen LogP contribution < -0.4 is 4.74 Å². The van der Waals surface area contributed by atoms with Gasteiger partial charge in [0.1, 0.15) is 5.75 Å². The van der Waals surface area contributed by atoms with Crippen LogP contribution in [-0.2, 0) is 0 Å². The summed E-state index contributed by atoms with van der Waals surface area (Å²) in [6, 6.07) is 10.4. The van der Waals surface area contributed by atoms with Crippen LogP contribution in [0, 0.1) is 0 Å². The average Bonchev–Trinajstić information content (AvgIpc) is 2.76. The molecule has 0 saturated carbocycles. The van der Waals surface area contributed by atoms with Gasteiger partial charge in [-0.25, -0.2) is 0 Å². The van der Waals surface area contributed by atoms with Gasteiger partial charge in [0.2, 0.25) is 0 Å². The second kappa shape index (κ2) is 3.29. The minimum absolute atomic E-state index is 0.881. The lowest BCUT2D eigenvalue weighted by Crippen LogP contribution is -1.81. The summed E-state index contributed by atoms with van der Waals surface area (Å²) in [4.78, 5) is 6.69. The number of hydrogen-bond donors (Lipinski definition) is 2. The summed E-state index contributed by atoms with van der Waals surface area (Å²) in [6.07, 6.45) is 3.97. The summed E-state index contributed by atoms with van der Waals surface area (Å²) < 4.78 is 5.31. The number of rotatable bonds is 1. The zero-order valence-electron chi connectivity index (χ0n) is 9.95. The number of ether oxygens (including phenoxy) is 1. The van der Waals surface area contributed by atoms with E-state index < -0.39 is 0 Å². The Morgan fingerprint density at radius 2 is 1.61 bits per heavy atom. The van der Waals surface area contributed by atoms with Crippen LogP contribution in [0.5, 0.6) is 5.75 Å². The van der Waals surface area contributed by atoms with Crippen LogP contribution in [0.2, 0.25) is 0 Å². The highest BCUT2D eigenvalue weighted by Gasteiger charge is 2.12. The normalized spacial score (nSPS) is 11.6.